The molecule has 0 aliphatic carbocycles. The number of aliphatic hydroxyl groups is 3. The molecule has 0 saturated carbocycles. The van der Waals surface area contributed by atoms with Crippen LogP contribution in [0, 0.1) is 12.8 Å². The van der Waals surface area contributed by atoms with Crippen LogP contribution in [0.3, 0.4) is 0 Å². The van der Waals surface area contributed by atoms with Crippen molar-refractivity contribution in [2.45, 2.75) is 84.7 Å². The van der Waals surface area contributed by atoms with E-state index < -0.39 is 43.5 Å². The van der Waals surface area contributed by atoms with Crippen molar-refractivity contribution in [3.05, 3.63) is 41.1 Å². The smallest absolute Gasteiger partial charge is 0.494 e. The fourth-order valence-electron chi connectivity index (χ4n) is 4.09. The number of hydrogen-bond acceptors (Lipinski definition) is 10. The molecule has 5 atom stereocenters. The van der Waals surface area contributed by atoms with Crippen molar-refractivity contribution in [3.8, 4) is 11.6 Å². The highest BCUT2D eigenvalue weighted by Crippen LogP contribution is 2.31. The maximum Gasteiger partial charge on any atom is 0.508 e. The second kappa shape index (κ2) is 13.3. The van der Waals surface area contributed by atoms with Crippen LogP contribution in [0.2, 0.25) is 0 Å². The molecule has 38 heavy (non-hydrogen) atoms. The number of carbonyl (C=O) groups is 1. The number of hydrogen-bond donors (Lipinski definition) is 3. The lowest BCUT2D eigenvalue weighted by atomic mass is 9.99. The quantitative estimate of drug-likeness (QED) is 0.367. The molecule has 1 aromatic heterocycles. The first kappa shape index (κ1) is 29.7. The maximum atomic E-state index is 11.8. The van der Waals surface area contributed by atoms with E-state index in [1.165, 1.54) is 0 Å². The molecule has 1 saturated heterocycles. The van der Waals surface area contributed by atoms with Crippen LogP contribution >= 0.6 is 0 Å². The van der Waals surface area contributed by atoms with E-state index in [0.717, 1.165) is 22.6 Å². The van der Waals surface area contributed by atoms with Gasteiger partial charge in [0.25, 0.3) is 0 Å². The summed E-state index contributed by atoms with van der Waals surface area (Å²) in [4.78, 5) is 11.8. The number of aromatic nitrogens is 2. The van der Waals surface area contributed by atoms with Crippen LogP contribution in [0.1, 0.15) is 57.5 Å². The molecule has 1 aliphatic rings. The summed E-state index contributed by atoms with van der Waals surface area (Å²) in [7, 11) is 0. The van der Waals surface area contributed by atoms with Crippen molar-refractivity contribution >= 4 is 6.16 Å². The summed E-state index contributed by atoms with van der Waals surface area (Å²) in [5.41, 5.74) is 2.66. The van der Waals surface area contributed by atoms with E-state index >= 15 is 0 Å². The van der Waals surface area contributed by atoms with E-state index in [-0.39, 0.29) is 24.4 Å². The fourth-order valence-corrected chi connectivity index (χ4v) is 4.09. The predicted octanol–water partition coefficient (Wildman–Crippen LogP) is 2.76. The Morgan fingerprint density at radius 2 is 1.74 bits per heavy atom. The Morgan fingerprint density at radius 3 is 2.34 bits per heavy atom. The molecule has 3 N–H and O–H groups in total. The summed E-state index contributed by atoms with van der Waals surface area (Å²) in [5.74, 6) is 1.13. The molecule has 11 nitrogen and oxygen atoms in total. The van der Waals surface area contributed by atoms with Crippen molar-refractivity contribution in [1.29, 1.82) is 0 Å². The van der Waals surface area contributed by atoms with E-state index in [1.54, 1.807) is 0 Å². The van der Waals surface area contributed by atoms with Gasteiger partial charge in [-0.25, -0.2) is 4.79 Å². The van der Waals surface area contributed by atoms with Crippen LogP contribution in [0.25, 0.3) is 0 Å². The number of nitrogens with zero attached hydrogens (tertiary/aromatic N) is 2. The Kier molecular flexibility index (Phi) is 10.4. The van der Waals surface area contributed by atoms with Crippen molar-refractivity contribution in [2.75, 3.05) is 19.8 Å². The van der Waals surface area contributed by atoms with Gasteiger partial charge in [0.15, 0.2) is 0 Å². The average Bonchev–Trinajstić information content (AvgIpc) is 3.18. The Bertz CT molecular complexity index is 1040. The lowest BCUT2D eigenvalue weighted by Crippen LogP contribution is -2.60. The zero-order valence-corrected chi connectivity index (χ0v) is 22.9. The van der Waals surface area contributed by atoms with Crippen molar-refractivity contribution in [3.63, 3.8) is 0 Å². The summed E-state index contributed by atoms with van der Waals surface area (Å²) in [6, 6.07) is 7.74. The molecule has 212 valence electrons. The summed E-state index contributed by atoms with van der Waals surface area (Å²) in [6.07, 6.45) is -7.65. The van der Waals surface area contributed by atoms with Crippen molar-refractivity contribution < 1.29 is 43.8 Å². The van der Waals surface area contributed by atoms with Gasteiger partial charge in [-0.15, -0.1) is 5.10 Å². The molecular formula is C27H40N2O9. The number of benzene rings is 1. The molecule has 1 unspecified atom stereocenters. The minimum absolute atomic E-state index is 0.0361. The van der Waals surface area contributed by atoms with Crippen LogP contribution in [0.15, 0.2) is 24.3 Å². The molecule has 2 aromatic rings. The molecule has 3 rings (SSSR count). The Balaban J connectivity index is 1.78. The fraction of sp³-hybridized carbons (Fsp3) is 0.630. The number of carbonyl (C=O) groups excluding carboxylic acids is 1. The minimum atomic E-state index is -1.60. The highest BCUT2D eigenvalue weighted by molar-refractivity contribution is 5.59. The standard InChI is InChI=1S/C27H40N2O9/c1-7-34-19-10-8-18(9-11-19)12-20-17(6)29(16(4)5)28-25(20)38-26-24(32)23(31)22(30)21(37-26)14-36-27(33)35-13-15(2)3/h8-11,15-16,21-24,26,30-32H,7,12-14H2,1-6H3/t21-,22-,23+,24-,26?/m1/s1. The molecule has 0 amide bonds. The summed E-state index contributed by atoms with van der Waals surface area (Å²) in [6.45, 7) is 11.9. The van der Waals surface area contributed by atoms with Gasteiger partial charge in [0.05, 0.1) is 13.2 Å². The molecule has 1 aromatic carbocycles. The molecular weight excluding hydrogens is 496 g/mol. The van der Waals surface area contributed by atoms with Crippen molar-refractivity contribution in [1.82, 2.24) is 9.78 Å². The molecule has 11 heteroatoms. The van der Waals surface area contributed by atoms with E-state index in [2.05, 4.69) is 5.10 Å². The largest absolute Gasteiger partial charge is 0.508 e. The van der Waals surface area contributed by atoms with E-state index in [0.29, 0.717) is 13.0 Å². The predicted molar refractivity (Wildman–Crippen MR) is 137 cm³/mol. The third-order valence-corrected chi connectivity index (χ3v) is 6.14. The summed E-state index contributed by atoms with van der Waals surface area (Å²) < 4.78 is 29.1. The number of ether oxygens (including phenoxy) is 5. The first-order valence-electron chi connectivity index (χ1n) is 13.0. The van der Waals surface area contributed by atoms with Gasteiger partial charge in [-0.1, -0.05) is 26.0 Å². The van der Waals surface area contributed by atoms with Gasteiger partial charge >= 0.3 is 6.16 Å². The first-order chi connectivity index (χ1) is 18.0. The third-order valence-electron chi connectivity index (χ3n) is 6.14. The molecule has 2 heterocycles. The highest BCUT2D eigenvalue weighted by Gasteiger charge is 2.46. The average molecular weight is 537 g/mol. The number of rotatable bonds is 11. The first-order valence-corrected chi connectivity index (χ1v) is 13.0. The molecule has 0 spiro atoms. The van der Waals surface area contributed by atoms with Crippen LogP contribution in [-0.2, 0) is 20.6 Å². The van der Waals surface area contributed by atoms with Gasteiger partial charge in [-0.3, -0.25) is 4.68 Å². The topological polar surface area (TPSA) is 142 Å². The van der Waals surface area contributed by atoms with E-state index in [4.69, 9.17) is 23.7 Å². The summed E-state index contributed by atoms with van der Waals surface area (Å²) >= 11 is 0. The van der Waals surface area contributed by atoms with Crippen LogP contribution in [0.5, 0.6) is 11.6 Å². The maximum absolute atomic E-state index is 11.8. The van der Waals surface area contributed by atoms with Gasteiger partial charge < -0.3 is 39.0 Å². The lowest BCUT2D eigenvalue weighted by Gasteiger charge is -2.39. The monoisotopic (exact) mass is 536 g/mol. The molecule has 1 fully saturated rings. The lowest BCUT2D eigenvalue weighted by molar-refractivity contribution is -0.278. The van der Waals surface area contributed by atoms with Crippen LogP contribution in [0.4, 0.5) is 4.79 Å². The van der Waals surface area contributed by atoms with Gasteiger partial charge in [-0.05, 0) is 51.3 Å². The van der Waals surface area contributed by atoms with E-state index in [9.17, 15) is 20.1 Å². The number of aliphatic hydroxyl groups excluding tert-OH is 3. The summed E-state index contributed by atoms with van der Waals surface area (Å²) in [5, 5.41) is 36.1. The SMILES string of the molecule is CCOc1ccc(Cc2c(OC3O[C@H](COC(=O)OCC(C)C)[C@@H](O)[C@H](O)[C@H]3O)nn(C(C)C)c2C)cc1. The van der Waals surface area contributed by atoms with Gasteiger partial charge in [0.1, 0.15) is 36.8 Å². The molecule has 0 bridgehead atoms. The second-order valence-corrected chi connectivity index (χ2v) is 10.1. The van der Waals surface area contributed by atoms with Crippen LogP contribution < -0.4 is 9.47 Å². The zero-order chi connectivity index (χ0) is 28.0. The zero-order valence-electron chi connectivity index (χ0n) is 22.9. The second-order valence-electron chi connectivity index (χ2n) is 10.1. The van der Waals surface area contributed by atoms with Gasteiger partial charge in [0.2, 0.25) is 12.2 Å². The van der Waals surface area contributed by atoms with Gasteiger partial charge in [-0.2, -0.15) is 0 Å². The molecule has 1 aliphatic heterocycles. The van der Waals surface area contributed by atoms with E-state index in [1.807, 2.05) is 70.5 Å². The minimum Gasteiger partial charge on any atom is -0.494 e. The van der Waals surface area contributed by atoms with Crippen molar-refractivity contribution in [2.24, 2.45) is 5.92 Å². The highest BCUT2D eigenvalue weighted by atomic mass is 16.7. The Labute approximate surface area is 223 Å². The third kappa shape index (κ3) is 7.37. The Morgan fingerprint density at radius 1 is 1.05 bits per heavy atom. The van der Waals surface area contributed by atoms with Crippen LogP contribution in [-0.4, -0.2) is 81.8 Å². The normalized spacial score (nSPS) is 23.5. The molecule has 0 radical (unpaired) electrons. The Hall–Kier alpha value is -2.86. The van der Waals surface area contributed by atoms with Gasteiger partial charge in [0, 0.05) is 23.7 Å².